The van der Waals surface area contributed by atoms with Crippen LogP contribution < -0.4 is 15.2 Å². The zero-order valence-electron chi connectivity index (χ0n) is 20.8. The van der Waals surface area contributed by atoms with E-state index in [-0.39, 0.29) is 23.9 Å². The molecule has 10 heteroatoms. The fraction of sp³-hybridized carbons (Fsp3) is 0.333. The molecule has 1 fully saturated rings. The van der Waals surface area contributed by atoms with E-state index in [9.17, 15) is 9.59 Å². The first-order valence-corrected chi connectivity index (χ1v) is 13.4. The summed E-state index contributed by atoms with van der Waals surface area (Å²) in [7, 11) is 1.67. The third kappa shape index (κ3) is 4.15. The van der Waals surface area contributed by atoms with Gasteiger partial charge in [0.2, 0.25) is 5.91 Å². The van der Waals surface area contributed by atoms with Crippen molar-refractivity contribution >= 4 is 34.4 Å². The number of carbonyl (C=O) groups excluding carboxylic acids is 1. The Morgan fingerprint density at radius 2 is 1.78 bits per heavy atom. The van der Waals surface area contributed by atoms with Gasteiger partial charge in [-0.05, 0) is 30.7 Å². The normalized spacial score (nSPS) is 17.3. The predicted octanol–water partition coefficient (Wildman–Crippen LogP) is 3.28. The third-order valence-corrected chi connectivity index (χ3v) is 8.28. The maximum Gasteiger partial charge on any atom is 0.265 e. The zero-order valence-corrected chi connectivity index (χ0v) is 21.6. The molecule has 37 heavy (non-hydrogen) atoms. The molecule has 4 aromatic rings. The van der Waals surface area contributed by atoms with E-state index in [1.165, 1.54) is 11.8 Å². The van der Waals surface area contributed by atoms with Crippen LogP contribution in [0.5, 0.6) is 5.75 Å². The molecule has 0 spiro atoms. The zero-order chi connectivity index (χ0) is 25.5. The number of hydrogen-bond acceptors (Lipinski definition) is 7. The number of thioether (sulfide) groups is 1. The molecule has 9 nitrogen and oxygen atoms in total. The Hall–Kier alpha value is -3.79. The minimum absolute atomic E-state index is 0.0701. The molecule has 2 aliphatic heterocycles. The number of benzene rings is 2. The Morgan fingerprint density at radius 1 is 1.05 bits per heavy atom. The van der Waals surface area contributed by atoms with Crippen LogP contribution in [-0.2, 0) is 4.79 Å². The lowest BCUT2D eigenvalue weighted by atomic mass is 10.1. The third-order valence-electron chi connectivity index (χ3n) is 7.18. The van der Waals surface area contributed by atoms with Gasteiger partial charge in [0.1, 0.15) is 11.1 Å². The van der Waals surface area contributed by atoms with E-state index in [4.69, 9.17) is 9.72 Å². The first kappa shape index (κ1) is 23.6. The smallest absolute Gasteiger partial charge is 0.265 e. The number of carbonyl (C=O) groups is 1. The number of amides is 1. The van der Waals surface area contributed by atoms with Crippen LogP contribution in [0.4, 0.5) is 5.69 Å². The summed E-state index contributed by atoms with van der Waals surface area (Å²) in [6, 6.07) is 15.6. The van der Waals surface area contributed by atoms with Crippen molar-refractivity contribution in [1.29, 1.82) is 0 Å². The van der Waals surface area contributed by atoms with Crippen LogP contribution in [0.25, 0.3) is 16.7 Å². The molecule has 0 N–H and O–H groups in total. The molecule has 6 rings (SSSR count). The van der Waals surface area contributed by atoms with Gasteiger partial charge in [0.25, 0.3) is 5.56 Å². The highest BCUT2D eigenvalue weighted by molar-refractivity contribution is 7.99. The van der Waals surface area contributed by atoms with E-state index >= 15 is 0 Å². The monoisotopic (exact) mass is 516 g/mol. The molecule has 0 aliphatic carbocycles. The number of fused-ring (bicyclic) bond motifs is 2. The average Bonchev–Trinajstić information content (AvgIpc) is 3.54. The summed E-state index contributed by atoms with van der Waals surface area (Å²) < 4.78 is 8.92. The lowest BCUT2D eigenvalue weighted by Gasteiger charge is -2.37. The molecule has 2 aliphatic rings. The van der Waals surface area contributed by atoms with E-state index in [2.05, 4.69) is 10.00 Å². The molecule has 0 radical (unpaired) electrons. The van der Waals surface area contributed by atoms with Crippen LogP contribution in [0, 0.1) is 6.92 Å². The van der Waals surface area contributed by atoms with Gasteiger partial charge in [-0.25, -0.2) is 9.67 Å². The molecule has 0 bridgehead atoms. The largest absolute Gasteiger partial charge is 0.495 e. The molecular formula is C27H28N6O3S. The van der Waals surface area contributed by atoms with Crippen molar-refractivity contribution in [3.8, 4) is 11.4 Å². The summed E-state index contributed by atoms with van der Waals surface area (Å²) in [6.45, 7) is 4.76. The van der Waals surface area contributed by atoms with Gasteiger partial charge in [-0.2, -0.15) is 5.10 Å². The van der Waals surface area contributed by atoms with E-state index in [0.29, 0.717) is 35.0 Å². The maximum absolute atomic E-state index is 13.5. The molecule has 1 saturated heterocycles. The van der Waals surface area contributed by atoms with E-state index in [1.807, 2.05) is 60.4 Å². The minimum Gasteiger partial charge on any atom is -0.495 e. The number of para-hydroxylation sites is 3. The van der Waals surface area contributed by atoms with Gasteiger partial charge in [-0.15, -0.1) is 0 Å². The van der Waals surface area contributed by atoms with Crippen LogP contribution in [0.3, 0.4) is 0 Å². The quantitative estimate of drug-likeness (QED) is 0.376. The summed E-state index contributed by atoms with van der Waals surface area (Å²) in [5.41, 5.74) is 3.42. The fourth-order valence-electron chi connectivity index (χ4n) is 5.18. The molecule has 2 aromatic carbocycles. The van der Waals surface area contributed by atoms with Gasteiger partial charge in [0.05, 0.1) is 30.7 Å². The van der Waals surface area contributed by atoms with Crippen LogP contribution in [0.1, 0.15) is 18.0 Å². The first-order valence-electron chi connectivity index (χ1n) is 12.4. The van der Waals surface area contributed by atoms with Crippen LogP contribution >= 0.6 is 11.8 Å². The van der Waals surface area contributed by atoms with Gasteiger partial charge in [-0.3, -0.25) is 14.2 Å². The highest BCUT2D eigenvalue weighted by atomic mass is 32.2. The Morgan fingerprint density at radius 3 is 2.54 bits per heavy atom. The second-order valence-corrected chi connectivity index (χ2v) is 10.3. The van der Waals surface area contributed by atoms with Gasteiger partial charge in [0.15, 0.2) is 10.8 Å². The van der Waals surface area contributed by atoms with E-state index < -0.39 is 0 Å². The van der Waals surface area contributed by atoms with Crippen molar-refractivity contribution < 1.29 is 9.53 Å². The highest BCUT2D eigenvalue weighted by Gasteiger charge is 2.32. The number of piperazine rings is 1. The lowest BCUT2D eigenvalue weighted by Crippen LogP contribution is -2.49. The van der Waals surface area contributed by atoms with Gasteiger partial charge < -0.3 is 14.5 Å². The van der Waals surface area contributed by atoms with Crippen molar-refractivity contribution in [2.75, 3.05) is 43.9 Å². The van der Waals surface area contributed by atoms with Crippen molar-refractivity contribution in [2.24, 2.45) is 0 Å². The summed E-state index contributed by atoms with van der Waals surface area (Å²) >= 11 is 1.52. The van der Waals surface area contributed by atoms with Crippen molar-refractivity contribution in [1.82, 2.24) is 24.2 Å². The first-order chi connectivity index (χ1) is 18.0. The summed E-state index contributed by atoms with van der Waals surface area (Å²) in [6.07, 6.45) is 1.87. The molecule has 1 unspecified atom stereocenters. The second-order valence-electron chi connectivity index (χ2n) is 9.36. The molecular weight excluding hydrogens is 488 g/mol. The summed E-state index contributed by atoms with van der Waals surface area (Å²) in [5.74, 6) is 1.56. The molecule has 0 saturated carbocycles. The number of anilines is 1. The number of nitrogens with zero attached hydrogens (tertiary/aromatic N) is 6. The van der Waals surface area contributed by atoms with Crippen molar-refractivity contribution in [3.63, 3.8) is 0 Å². The summed E-state index contributed by atoms with van der Waals surface area (Å²) in [4.78, 5) is 35.7. The van der Waals surface area contributed by atoms with E-state index in [1.54, 1.807) is 22.6 Å². The maximum atomic E-state index is 13.5. The molecule has 4 heterocycles. The molecule has 190 valence electrons. The van der Waals surface area contributed by atoms with Crippen molar-refractivity contribution in [2.45, 2.75) is 24.5 Å². The topological polar surface area (TPSA) is 85.5 Å². The standard InChI is InChI=1S/C27H28N6O3S/c1-18-7-3-4-8-21(18)33-25-20(16-28-33)26(35)32-19(17-37-27(32)29-25)15-24(34)31-13-11-30(12-14-31)22-9-5-6-10-23(22)36-2/h3-10,16,19H,11-15,17H2,1-2H3. The second kappa shape index (κ2) is 9.59. The van der Waals surface area contributed by atoms with E-state index in [0.717, 1.165) is 35.8 Å². The Kier molecular flexibility index (Phi) is 6.11. The number of methoxy groups -OCH3 is 1. The van der Waals surface area contributed by atoms with Gasteiger partial charge >= 0.3 is 0 Å². The molecule has 2 aromatic heterocycles. The number of hydrogen-bond donors (Lipinski definition) is 0. The number of aromatic nitrogens is 4. The van der Waals surface area contributed by atoms with Gasteiger partial charge in [0, 0.05) is 38.4 Å². The van der Waals surface area contributed by atoms with Crippen LogP contribution in [-0.4, -0.2) is 69.2 Å². The highest BCUT2D eigenvalue weighted by Crippen LogP contribution is 2.34. The molecule has 1 atom stereocenters. The Bertz CT molecular complexity index is 1540. The van der Waals surface area contributed by atoms with Crippen LogP contribution in [0.15, 0.2) is 64.7 Å². The SMILES string of the molecule is COc1ccccc1N1CCN(C(=O)CC2CSc3nc4c(cnn4-c4ccccc4C)c(=O)n32)CC1. The number of ether oxygens (including phenoxy) is 1. The molecule has 1 amide bonds. The Balaban J connectivity index is 1.19. The number of rotatable bonds is 5. The average molecular weight is 517 g/mol. The number of aryl methyl sites for hydroxylation is 1. The minimum atomic E-state index is -0.217. The summed E-state index contributed by atoms with van der Waals surface area (Å²) in [5, 5.41) is 5.59. The predicted molar refractivity (Wildman–Crippen MR) is 144 cm³/mol. The Labute approximate surface area is 218 Å². The van der Waals surface area contributed by atoms with Crippen molar-refractivity contribution in [3.05, 3.63) is 70.6 Å². The van der Waals surface area contributed by atoms with Gasteiger partial charge in [-0.1, -0.05) is 42.1 Å². The van der Waals surface area contributed by atoms with Crippen LogP contribution in [0.2, 0.25) is 0 Å². The lowest BCUT2D eigenvalue weighted by molar-refractivity contribution is -0.132. The fourth-order valence-corrected chi connectivity index (χ4v) is 6.31.